The normalized spacial score (nSPS) is 11.0. The minimum Gasteiger partial charge on any atom is -0.497 e. The maximum absolute atomic E-state index is 13.3. The molecule has 0 aliphatic rings. The molecular weight excluding hydrogens is 452 g/mol. The number of benzene rings is 3. The van der Waals surface area contributed by atoms with Gasteiger partial charge in [0.05, 0.1) is 42.8 Å². The molecule has 0 saturated carbocycles. The van der Waals surface area contributed by atoms with Crippen LogP contribution in [-0.2, 0) is 4.79 Å². The highest BCUT2D eigenvalue weighted by molar-refractivity contribution is 7.99. The summed E-state index contributed by atoms with van der Waals surface area (Å²) in [5, 5.41) is 4.90. The fourth-order valence-corrected chi connectivity index (χ4v) is 4.08. The average Bonchev–Trinajstić information content (AvgIpc) is 2.88. The monoisotopic (exact) mass is 474 g/mol. The summed E-state index contributed by atoms with van der Waals surface area (Å²) in [5.41, 5.74) is 4.22. The van der Waals surface area contributed by atoms with Crippen LogP contribution in [0, 0.1) is 0 Å². The number of thioether (sulfide) groups is 1. The lowest BCUT2D eigenvalue weighted by Gasteiger charge is -2.13. The van der Waals surface area contributed by atoms with Gasteiger partial charge in [-0.15, -0.1) is 0 Å². The molecule has 34 heavy (non-hydrogen) atoms. The van der Waals surface area contributed by atoms with Crippen molar-refractivity contribution in [2.75, 3.05) is 20.0 Å². The molecule has 0 aliphatic heterocycles. The van der Waals surface area contributed by atoms with E-state index >= 15 is 0 Å². The average molecular weight is 475 g/mol. The Kier molecular flexibility index (Phi) is 7.24. The second-order valence-corrected chi connectivity index (χ2v) is 8.02. The first kappa shape index (κ1) is 23.1. The predicted molar refractivity (Wildman–Crippen MR) is 133 cm³/mol. The van der Waals surface area contributed by atoms with E-state index < -0.39 is 0 Å². The lowest BCUT2D eigenvalue weighted by atomic mass is 10.2. The zero-order chi connectivity index (χ0) is 23.9. The molecule has 3 aromatic carbocycles. The largest absolute Gasteiger partial charge is 0.497 e. The Morgan fingerprint density at radius 3 is 2.53 bits per heavy atom. The van der Waals surface area contributed by atoms with Crippen molar-refractivity contribution in [3.8, 4) is 17.2 Å². The number of fused-ring (bicyclic) bond motifs is 1. The van der Waals surface area contributed by atoms with Crippen LogP contribution in [0.1, 0.15) is 5.56 Å². The lowest BCUT2D eigenvalue weighted by molar-refractivity contribution is -0.118. The number of carbonyl (C=O) groups is 1. The molecule has 1 heterocycles. The van der Waals surface area contributed by atoms with Crippen LogP contribution in [0.15, 0.2) is 87.8 Å². The van der Waals surface area contributed by atoms with Crippen LogP contribution in [0.2, 0.25) is 0 Å². The molecule has 4 rings (SSSR count). The number of carbonyl (C=O) groups excluding carboxylic acids is 1. The Morgan fingerprint density at radius 1 is 1.03 bits per heavy atom. The molecule has 0 fully saturated rings. The summed E-state index contributed by atoms with van der Waals surface area (Å²) in [6.07, 6.45) is 1.52. The second kappa shape index (κ2) is 10.7. The van der Waals surface area contributed by atoms with Gasteiger partial charge in [0.25, 0.3) is 11.5 Å². The summed E-state index contributed by atoms with van der Waals surface area (Å²) in [4.78, 5) is 30.4. The first-order chi connectivity index (χ1) is 16.6. The van der Waals surface area contributed by atoms with E-state index in [4.69, 9.17) is 9.47 Å². The third-order valence-corrected chi connectivity index (χ3v) is 5.88. The molecule has 0 atom stereocenters. The lowest BCUT2D eigenvalue weighted by Crippen LogP contribution is -2.24. The Labute approximate surface area is 200 Å². The first-order valence-corrected chi connectivity index (χ1v) is 11.3. The highest BCUT2D eigenvalue weighted by Gasteiger charge is 2.15. The fraction of sp³-hybridized carbons (Fsp3) is 0.120. The third kappa shape index (κ3) is 5.10. The highest BCUT2D eigenvalue weighted by Crippen LogP contribution is 2.23. The van der Waals surface area contributed by atoms with Gasteiger partial charge in [-0.1, -0.05) is 36.0 Å². The molecule has 1 amide bonds. The van der Waals surface area contributed by atoms with E-state index in [2.05, 4.69) is 15.5 Å². The van der Waals surface area contributed by atoms with Crippen LogP contribution in [0.5, 0.6) is 11.5 Å². The highest BCUT2D eigenvalue weighted by atomic mass is 32.2. The standard InChI is InChI=1S/C25H22N4O4S/c1-32-19-13-11-18(12-14-19)29-24(31)20-8-4-5-9-21(20)27-25(29)34-16-23(30)28-26-15-17-7-3-6-10-22(17)33-2/h3-15H,16H2,1-2H3,(H,28,30)/b26-15+. The summed E-state index contributed by atoms with van der Waals surface area (Å²) in [6.45, 7) is 0. The second-order valence-electron chi connectivity index (χ2n) is 7.07. The fourth-order valence-electron chi connectivity index (χ4n) is 3.28. The molecule has 0 radical (unpaired) electrons. The molecule has 172 valence electrons. The maximum atomic E-state index is 13.3. The smallest absolute Gasteiger partial charge is 0.266 e. The van der Waals surface area contributed by atoms with Gasteiger partial charge in [0.2, 0.25) is 0 Å². The minimum atomic E-state index is -0.333. The van der Waals surface area contributed by atoms with Gasteiger partial charge < -0.3 is 9.47 Å². The molecule has 8 nitrogen and oxygen atoms in total. The van der Waals surface area contributed by atoms with Gasteiger partial charge in [-0.25, -0.2) is 10.4 Å². The molecule has 0 aliphatic carbocycles. The summed E-state index contributed by atoms with van der Waals surface area (Å²) < 4.78 is 12.0. The number of hydrogen-bond acceptors (Lipinski definition) is 7. The Bertz CT molecular complexity index is 1400. The molecule has 1 N–H and O–H groups in total. The Morgan fingerprint density at radius 2 is 1.76 bits per heavy atom. The number of hydrogen-bond donors (Lipinski definition) is 1. The van der Waals surface area contributed by atoms with Crippen molar-refractivity contribution in [2.24, 2.45) is 5.10 Å². The zero-order valence-electron chi connectivity index (χ0n) is 18.6. The van der Waals surface area contributed by atoms with Crippen molar-refractivity contribution >= 4 is 34.8 Å². The third-order valence-electron chi connectivity index (χ3n) is 4.94. The molecule has 0 spiro atoms. The van der Waals surface area contributed by atoms with Gasteiger partial charge in [0.1, 0.15) is 11.5 Å². The van der Waals surface area contributed by atoms with Crippen molar-refractivity contribution in [2.45, 2.75) is 5.16 Å². The number of rotatable bonds is 8. The van der Waals surface area contributed by atoms with E-state index in [1.165, 1.54) is 10.8 Å². The van der Waals surface area contributed by atoms with Crippen LogP contribution in [0.25, 0.3) is 16.6 Å². The molecular formula is C25H22N4O4S. The SMILES string of the molecule is COc1ccc(-n2c(SCC(=O)N/N=C/c3ccccc3OC)nc3ccccc3c2=O)cc1. The summed E-state index contributed by atoms with van der Waals surface area (Å²) in [7, 11) is 3.15. The molecule has 0 bridgehead atoms. The van der Waals surface area contributed by atoms with Gasteiger partial charge in [0, 0.05) is 5.56 Å². The number of amides is 1. The predicted octanol–water partition coefficient (Wildman–Crippen LogP) is 3.65. The van der Waals surface area contributed by atoms with Crippen LogP contribution in [0.4, 0.5) is 0 Å². The van der Waals surface area contributed by atoms with E-state index in [-0.39, 0.29) is 17.2 Å². The van der Waals surface area contributed by atoms with E-state index in [0.29, 0.717) is 33.2 Å². The quantitative estimate of drug-likeness (QED) is 0.181. The number of ether oxygens (including phenoxy) is 2. The van der Waals surface area contributed by atoms with Gasteiger partial charge >= 0.3 is 0 Å². The van der Waals surface area contributed by atoms with Crippen LogP contribution < -0.4 is 20.5 Å². The molecule has 0 unspecified atom stereocenters. The number of nitrogens with one attached hydrogen (secondary N) is 1. The molecule has 4 aromatic rings. The summed E-state index contributed by atoms with van der Waals surface area (Å²) in [5.74, 6) is 1.01. The van der Waals surface area contributed by atoms with Gasteiger partial charge in [0.15, 0.2) is 5.16 Å². The van der Waals surface area contributed by atoms with Crippen molar-refractivity contribution in [3.63, 3.8) is 0 Å². The number of para-hydroxylation sites is 2. The zero-order valence-corrected chi connectivity index (χ0v) is 19.4. The molecule has 9 heteroatoms. The summed E-state index contributed by atoms with van der Waals surface area (Å²) >= 11 is 1.15. The van der Waals surface area contributed by atoms with Crippen LogP contribution in [-0.4, -0.2) is 41.6 Å². The molecule has 1 aromatic heterocycles. The van der Waals surface area contributed by atoms with Gasteiger partial charge in [-0.05, 0) is 48.5 Å². The number of hydrazone groups is 1. The van der Waals surface area contributed by atoms with Crippen molar-refractivity contribution in [1.29, 1.82) is 0 Å². The van der Waals surface area contributed by atoms with Crippen molar-refractivity contribution in [3.05, 3.63) is 88.7 Å². The van der Waals surface area contributed by atoms with Crippen LogP contribution in [0.3, 0.4) is 0 Å². The van der Waals surface area contributed by atoms with Gasteiger partial charge in [-0.2, -0.15) is 5.10 Å². The van der Waals surface area contributed by atoms with E-state index in [1.807, 2.05) is 30.3 Å². The molecule has 0 saturated heterocycles. The number of aromatic nitrogens is 2. The van der Waals surface area contributed by atoms with Crippen molar-refractivity contribution in [1.82, 2.24) is 15.0 Å². The summed E-state index contributed by atoms with van der Waals surface area (Å²) in [6, 6.07) is 21.6. The number of methoxy groups -OCH3 is 2. The maximum Gasteiger partial charge on any atom is 0.266 e. The topological polar surface area (TPSA) is 94.8 Å². The van der Waals surface area contributed by atoms with E-state index in [0.717, 1.165) is 17.3 Å². The van der Waals surface area contributed by atoms with Gasteiger partial charge in [-0.3, -0.25) is 14.2 Å². The first-order valence-electron chi connectivity index (χ1n) is 10.3. The Hall–Kier alpha value is -4.11. The van der Waals surface area contributed by atoms with E-state index in [9.17, 15) is 9.59 Å². The van der Waals surface area contributed by atoms with Crippen molar-refractivity contribution < 1.29 is 14.3 Å². The Balaban J connectivity index is 1.56. The minimum absolute atomic E-state index is 0.0181. The van der Waals surface area contributed by atoms with E-state index in [1.54, 1.807) is 56.7 Å². The number of nitrogens with zero attached hydrogens (tertiary/aromatic N) is 3. The van der Waals surface area contributed by atoms with Crippen LogP contribution >= 0.6 is 11.8 Å².